The summed E-state index contributed by atoms with van der Waals surface area (Å²) in [5, 5.41) is 0.752. The van der Waals surface area contributed by atoms with Gasteiger partial charge >= 0.3 is 5.97 Å². The number of aromatic nitrogens is 1. The van der Waals surface area contributed by atoms with E-state index >= 15 is 0 Å². The van der Waals surface area contributed by atoms with Gasteiger partial charge in [-0.1, -0.05) is 64.9 Å². The van der Waals surface area contributed by atoms with Crippen LogP contribution in [0.1, 0.15) is 44.9 Å². The van der Waals surface area contributed by atoms with Crippen LogP contribution in [0.15, 0.2) is 63.5 Å². The maximum Gasteiger partial charge on any atom is 0.338 e. The Labute approximate surface area is 216 Å². The van der Waals surface area contributed by atoms with Crippen molar-refractivity contribution in [3.8, 4) is 5.75 Å². The number of nitrogens with zero attached hydrogens (tertiary/aromatic N) is 2. The number of thiazole rings is 1. The zero-order chi connectivity index (χ0) is 25.3. The van der Waals surface area contributed by atoms with E-state index in [1.807, 2.05) is 38.1 Å². The van der Waals surface area contributed by atoms with Gasteiger partial charge in [-0.25, -0.2) is 9.79 Å². The number of fused-ring (bicyclic) bond motifs is 1. The lowest BCUT2D eigenvalue weighted by Gasteiger charge is -2.26. The van der Waals surface area contributed by atoms with Crippen molar-refractivity contribution in [3.05, 3.63) is 94.6 Å². The quantitative estimate of drug-likeness (QED) is 0.425. The van der Waals surface area contributed by atoms with Gasteiger partial charge in [-0.05, 0) is 51.5 Å². The van der Waals surface area contributed by atoms with Crippen molar-refractivity contribution in [2.24, 2.45) is 4.99 Å². The molecule has 35 heavy (non-hydrogen) atoms. The van der Waals surface area contributed by atoms with E-state index in [1.54, 1.807) is 38.1 Å². The standard InChI is InChI=1S/C26H24Cl2N2O4S/c1-5-33-25(32)21-15(4)29-26-30(23(21)17-10-6-7-12-19(17)34-14(2)3)24(31)20(35-26)13-16-9-8-11-18(27)22(16)28/h6-14,23H,5H2,1-4H3/b20-13-/t23-/m0/s1. The van der Waals surface area contributed by atoms with Crippen molar-refractivity contribution >= 4 is 46.6 Å². The van der Waals surface area contributed by atoms with E-state index in [4.69, 9.17) is 32.7 Å². The first-order chi connectivity index (χ1) is 16.7. The minimum absolute atomic E-state index is 0.104. The Morgan fingerprint density at radius 3 is 2.66 bits per heavy atom. The second-order valence-electron chi connectivity index (χ2n) is 8.15. The second kappa shape index (κ2) is 10.4. The normalized spacial score (nSPS) is 15.7. The molecule has 0 spiro atoms. The third-order valence-electron chi connectivity index (χ3n) is 5.36. The van der Waals surface area contributed by atoms with Crippen LogP contribution in [0, 0.1) is 0 Å². The number of halogens is 2. The Morgan fingerprint density at radius 1 is 1.20 bits per heavy atom. The van der Waals surface area contributed by atoms with Crippen molar-refractivity contribution in [1.29, 1.82) is 0 Å². The van der Waals surface area contributed by atoms with Gasteiger partial charge in [0.05, 0.1) is 38.6 Å². The van der Waals surface area contributed by atoms with Gasteiger partial charge in [-0.3, -0.25) is 9.36 Å². The van der Waals surface area contributed by atoms with Crippen molar-refractivity contribution < 1.29 is 14.3 Å². The monoisotopic (exact) mass is 530 g/mol. The topological polar surface area (TPSA) is 69.9 Å². The number of carbonyl (C=O) groups is 1. The number of hydrogen-bond donors (Lipinski definition) is 0. The number of rotatable bonds is 6. The molecule has 9 heteroatoms. The third kappa shape index (κ3) is 4.94. The second-order valence-corrected chi connectivity index (χ2v) is 9.94. The van der Waals surface area contributed by atoms with Crippen LogP contribution in [0.3, 0.4) is 0 Å². The van der Waals surface area contributed by atoms with Crippen molar-refractivity contribution in [2.45, 2.75) is 39.8 Å². The molecule has 0 radical (unpaired) electrons. The highest BCUT2D eigenvalue weighted by atomic mass is 35.5. The Hall–Kier alpha value is -2.87. The molecule has 4 rings (SSSR count). The summed E-state index contributed by atoms with van der Waals surface area (Å²) in [6.45, 7) is 7.53. The largest absolute Gasteiger partial charge is 0.491 e. The molecule has 0 saturated carbocycles. The number of benzene rings is 2. The number of para-hydroxylation sites is 1. The average molecular weight is 531 g/mol. The molecule has 6 nitrogen and oxygen atoms in total. The van der Waals surface area contributed by atoms with Crippen LogP contribution in [-0.2, 0) is 9.53 Å². The van der Waals surface area contributed by atoms with Crippen LogP contribution in [0.2, 0.25) is 10.0 Å². The van der Waals surface area contributed by atoms with Gasteiger partial charge in [0.25, 0.3) is 5.56 Å². The van der Waals surface area contributed by atoms with Crippen molar-refractivity contribution in [3.63, 3.8) is 0 Å². The van der Waals surface area contributed by atoms with Gasteiger partial charge < -0.3 is 9.47 Å². The van der Waals surface area contributed by atoms with Gasteiger partial charge in [0, 0.05) is 5.56 Å². The highest BCUT2D eigenvalue weighted by Gasteiger charge is 2.35. The molecule has 182 valence electrons. The number of carbonyl (C=O) groups excluding carboxylic acids is 1. The summed E-state index contributed by atoms with van der Waals surface area (Å²) in [5.74, 6) is 0.0572. The molecule has 0 saturated heterocycles. The Kier molecular flexibility index (Phi) is 7.50. The Morgan fingerprint density at radius 2 is 1.94 bits per heavy atom. The molecule has 0 N–H and O–H groups in total. The van der Waals surface area contributed by atoms with Crippen LogP contribution >= 0.6 is 34.5 Å². The molecular formula is C26H24Cl2N2O4S. The van der Waals surface area contributed by atoms with Crippen LogP contribution in [0.4, 0.5) is 0 Å². The van der Waals surface area contributed by atoms with E-state index in [0.29, 0.717) is 47.5 Å². The van der Waals surface area contributed by atoms with Crippen LogP contribution in [0.25, 0.3) is 6.08 Å². The van der Waals surface area contributed by atoms with E-state index in [1.165, 1.54) is 15.9 Å². The van der Waals surface area contributed by atoms with Gasteiger partial charge in [0.2, 0.25) is 0 Å². The summed E-state index contributed by atoms with van der Waals surface area (Å²) >= 11 is 13.7. The molecule has 1 aliphatic rings. The fourth-order valence-electron chi connectivity index (χ4n) is 3.93. The summed E-state index contributed by atoms with van der Waals surface area (Å²) in [6, 6.07) is 11.9. The summed E-state index contributed by atoms with van der Waals surface area (Å²) in [7, 11) is 0. The third-order valence-corrected chi connectivity index (χ3v) is 7.18. The molecule has 0 unspecified atom stereocenters. The van der Waals surface area contributed by atoms with Gasteiger partial charge in [0.15, 0.2) is 4.80 Å². The van der Waals surface area contributed by atoms with Gasteiger partial charge in [-0.15, -0.1) is 0 Å². The molecule has 3 aromatic rings. The smallest absolute Gasteiger partial charge is 0.338 e. The predicted molar refractivity (Wildman–Crippen MR) is 139 cm³/mol. The molecule has 0 bridgehead atoms. The molecule has 0 amide bonds. The van der Waals surface area contributed by atoms with Crippen molar-refractivity contribution in [2.75, 3.05) is 6.61 Å². The first kappa shape index (κ1) is 25.2. The molecule has 0 fully saturated rings. The summed E-state index contributed by atoms with van der Waals surface area (Å²) in [6.07, 6.45) is 1.59. The molecule has 0 aliphatic carbocycles. The summed E-state index contributed by atoms with van der Waals surface area (Å²) in [4.78, 5) is 31.9. The predicted octanol–water partition coefficient (Wildman–Crippen LogP) is 4.89. The fourth-order valence-corrected chi connectivity index (χ4v) is 5.33. The first-order valence-corrected chi connectivity index (χ1v) is 12.7. The number of hydrogen-bond acceptors (Lipinski definition) is 6. The highest BCUT2D eigenvalue weighted by Crippen LogP contribution is 2.36. The molecule has 2 aromatic carbocycles. The summed E-state index contributed by atoms with van der Waals surface area (Å²) < 4.78 is 13.4. The molecule has 2 heterocycles. The molecule has 1 aliphatic heterocycles. The zero-order valence-electron chi connectivity index (χ0n) is 19.7. The van der Waals surface area contributed by atoms with E-state index in [9.17, 15) is 9.59 Å². The molecule has 1 aromatic heterocycles. The Bertz CT molecular complexity index is 1500. The number of esters is 1. The number of ether oxygens (including phenoxy) is 2. The van der Waals surface area contributed by atoms with E-state index < -0.39 is 12.0 Å². The van der Waals surface area contributed by atoms with Crippen molar-refractivity contribution in [1.82, 2.24) is 4.57 Å². The average Bonchev–Trinajstić information content (AvgIpc) is 3.10. The SMILES string of the molecule is CCOC(=O)C1=C(C)N=c2s/c(=C\c3cccc(Cl)c3Cl)c(=O)n2[C@H]1c1ccccc1OC(C)C. The zero-order valence-corrected chi connectivity index (χ0v) is 22.0. The lowest BCUT2D eigenvalue weighted by atomic mass is 9.95. The minimum Gasteiger partial charge on any atom is -0.491 e. The maximum absolute atomic E-state index is 13.8. The van der Waals surface area contributed by atoms with Gasteiger partial charge in [-0.2, -0.15) is 0 Å². The van der Waals surface area contributed by atoms with Crippen LogP contribution in [0.5, 0.6) is 5.75 Å². The first-order valence-electron chi connectivity index (χ1n) is 11.1. The van der Waals surface area contributed by atoms with E-state index in [2.05, 4.69) is 4.99 Å². The lowest BCUT2D eigenvalue weighted by molar-refractivity contribution is -0.139. The van der Waals surface area contributed by atoms with Crippen LogP contribution < -0.4 is 19.6 Å². The minimum atomic E-state index is -0.766. The number of allylic oxidation sites excluding steroid dienone is 1. The fraction of sp³-hybridized carbons (Fsp3) is 0.269. The maximum atomic E-state index is 13.8. The molecular weight excluding hydrogens is 507 g/mol. The molecule has 1 atom stereocenters. The summed E-state index contributed by atoms with van der Waals surface area (Å²) in [5.41, 5.74) is 1.77. The van der Waals surface area contributed by atoms with E-state index in [0.717, 1.165) is 0 Å². The highest BCUT2D eigenvalue weighted by molar-refractivity contribution is 7.07. The van der Waals surface area contributed by atoms with Gasteiger partial charge in [0.1, 0.15) is 11.8 Å². The lowest BCUT2D eigenvalue weighted by Crippen LogP contribution is -2.40. The van der Waals surface area contributed by atoms with Crippen LogP contribution in [-0.4, -0.2) is 23.2 Å². The Balaban J connectivity index is 2.00. The van der Waals surface area contributed by atoms with E-state index in [-0.39, 0.29) is 18.3 Å².